The fraction of sp³-hybridized carbons (Fsp3) is 0.118. The summed E-state index contributed by atoms with van der Waals surface area (Å²) in [7, 11) is 2.95. The number of methoxy groups -OCH3 is 2. The van der Waals surface area contributed by atoms with Crippen molar-refractivity contribution in [2.24, 2.45) is 0 Å². The van der Waals surface area contributed by atoms with Gasteiger partial charge in [-0.15, -0.1) is 0 Å². The van der Waals surface area contributed by atoms with Crippen LogP contribution in [0.15, 0.2) is 45.6 Å². The second-order valence-electron chi connectivity index (χ2n) is 4.86. The molecule has 0 unspecified atom stereocenters. The second-order valence-corrected chi connectivity index (χ2v) is 4.86. The molecule has 1 heterocycles. The lowest BCUT2D eigenvalue weighted by atomic mass is 10.0. The van der Waals surface area contributed by atoms with Crippen LogP contribution in [0.4, 0.5) is 0 Å². The fourth-order valence-electron chi connectivity index (χ4n) is 2.40. The van der Waals surface area contributed by atoms with Crippen LogP contribution in [0.5, 0.6) is 23.0 Å². The van der Waals surface area contributed by atoms with E-state index in [9.17, 15) is 15.0 Å². The summed E-state index contributed by atoms with van der Waals surface area (Å²) in [5, 5.41) is 20.6. The number of phenols is 1. The molecule has 0 aliphatic rings. The number of phenolic OH excluding ortho intramolecular Hbond substituents is 1. The minimum atomic E-state index is -0.715. The molecule has 3 rings (SSSR count). The molecular weight excluding hydrogens is 300 g/mol. The first kappa shape index (κ1) is 14.8. The van der Waals surface area contributed by atoms with E-state index in [4.69, 9.17) is 13.9 Å². The zero-order valence-electron chi connectivity index (χ0n) is 12.5. The zero-order valence-corrected chi connectivity index (χ0v) is 12.5. The van der Waals surface area contributed by atoms with Crippen molar-refractivity contribution >= 4 is 11.0 Å². The lowest BCUT2D eigenvalue weighted by molar-refractivity contribution is 0.406. The van der Waals surface area contributed by atoms with Gasteiger partial charge in [-0.25, -0.2) is 4.79 Å². The molecule has 0 aliphatic carbocycles. The van der Waals surface area contributed by atoms with E-state index in [1.54, 1.807) is 24.3 Å². The lowest BCUT2D eigenvalue weighted by Gasteiger charge is -2.10. The van der Waals surface area contributed by atoms with Crippen molar-refractivity contribution < 1.29 is 24.1 Å². The third-order valence-corrected chi connectivity index (χ3v) is 3.55. The van der Waals surface area contributed by atoms with Crippen LogP contribution in [0.3, 0.4) is 0 Å². The Morgan fingerprint density at radius 3 is 2.22 bits per heavy atom. The molecule has 6 heteroatoms. The average Bonchev–Trinajstić information content (AvgIpc) is 2.54. The van der Waals surface area contributed by atoms with E-state index in [1.807, 2.05) is 0 Å². The van der Waals surface area contributed by atoms with Gasteiger partial charge in [0, 0.05) is 12.1 Å². The standard InChI is InChI=1S/C17H14O6/c1-21-10-5-3-9(4-6-10)14-16(19)15-12(18)7-11(22-2)8-13(15)23-17(14)20/h3-8,18-19H,1-2H3. The average molecular weight is 314 g/mol. The molecule has 1 aromatic heterocycles. The molecule has 6 nitrogen and oxygen atoms in total. The molecule has 3 aromatic rings. The summed E-state index contributed by atoms with van der Waals surface area (Å²) in [6.07, 6.45) is 0. The first-order chi connectivity index (χ1) is 11.0. The highest BCUT2D eigenvalue weighted by Gasteiger charge is 2.19. The Balaban J connectivity index is 2.29. The molecule has 0 atom stereocenters. The fourth-order valence-corrected chi connectivity index (χ4v) is 2.40. The van der Waals surface area contributed by atoms with Gasteiger partial charge in [0.25, 0.3) is 0 Å². The third-order valence-electron chi connectivity index (χ3n) is 3.55. The predicted octanol–water partition coefficient (Wildman–Crippen LogP) is 2.89. The van der Waals surface area contributed by atoms with Gasteiger partial charge < -0.3 is 24.1 Å². The Hall–Kier alpha value is -3.15. The number of rotatable bonds is 3. The number of ether oxygens (including phenoxy) is 2. The monoisotopic (exact) mass is 314 g/mol. The minimum absolute atomic E-state index is 0.0272. The Bertz CT molecular complexity index is 924. The molecule has 2 N–H and O–H groups in total. The number of fused-ring (bicyclic) bond motifs is 1. The Morgan fingerprint density at radius 2 is 1.61 bits per heavy atom. The van der Waals surface area contributed by atoms with Crippen LogP contribution < -0.4 is 15.1 Å². The van der Waals surface area contributed by atoms with Gasteiger partial charge in [-0.2, -0.15) is 0 Å². The maximum Gasteiger partial charge on any atom is 0.347 e. The molecule has 2 aromatic carbocycles. The first-order valence-corrected chi connectivity index (χ1v) is 6.76. The molecule has 0 radical (unpaired) electrons. The molecule has 0 saturated carbocycles. The van der Waals surface area contributed by atoms with E-state index >= 15 is 0 Å². The van der Waals surface area contributed by atoms with Crippen molar-refractivity contribution in [3.8, 4) is 34.1 Å². The number of aromatic hydroxyl groups is 2. The molecule has 0 spiro atoms. The van der Waals surface area contributed by atoms with Crippen LogP contribution in [0.2, 0.25) is 0 Å². The van der Waals surface area contributed by atoms with Crippen molar-refractivity contribution in [2.45, 2.75) is 0 Å². The van der Waals surface area contributed by atoms with Gasteiger partial charge in [0.05, 0.1) is 14.2 Å². The zero-order chi connectivity index (χ0) is 16.6. The summed E-state index contributed by atoms with van der Waals surface area (Å²) in [6, 6.07) is 9.32. The summed E-state index contributed by atoms with van der Waals surface area (Å²) >= 11 is 0. The van der Waals surface area contributed by atoms with E-state index in [0.717, 1.165) is 0 Å². The van der Waals surface area contributed by atoms with E-state index in [0.29, 0.717) is 17.1 Å². The predicted molar refractivity (Wildman–Crippen MR) is 84.4 cm³/mol. The van der Waals surface area contributed by atoms with Crippen molar-refractivity contribution in [3.05, 3.63) is 46.8 Å². The van der Waals surface area contributed by atoms with Gasteiger partial charge in [-0.1, -0.05) is 12.1 Å². The van der Waals surface area contributed by atoms with Crippen LogP contribution >= 0.6 is 0 Å². The normalized spacial score (nSPS) is 10.7. The number of hydrogen-bond acceptors (Lipinski definition) is 6. The van der Waals surface area contributed by atoms with Crippen LogP contribution in [0.1, 0.15) is 0 Å². The van der Waals surface area contributed by atoms with Gasteiger partial charge in [-0.3, -0.25) is 0 Å². The highest BCUT2D eigenvalue weighted by molar-refractivity contribution is 5.95. The number of hydrogen-bond donors (Lipinski definition) is 2. The van der Waals surface area contributed by atoms with Crippen LogP contribution in [0, 0.1) is 0 Å². The van der Waals surface area contributed by atoms with E-state index < -0.39 is 5.63 Å². The highest BCUT2D eigenvalue weighted by Crippen LogP contribution is 2.40. The minimum Gasteiger partial charge on any atom is -0.507 e. The molecule has 0 bridgehead atoms. The molecule has 0 fully saturated rings. The maximum atomic E-state index is 12.2. The largest absolute Gasteiger partial charge is 0.507 e. The topological polar surface area (TPSA) is 89.1 Å². The van der Waals surface area contributed by atoms with E-state index in [2.05, 4.69) is 0 Å². The maximum absolute atomic E-state index is 12.2. The second kappa shape index (κ2) is 5.57. The van der Waals surface area contributed by atoms with Crippen LogP contribution in [-0.4, -0.2) is 24.4 Å². The van der Waals surface area contributed by atoms with Crippen LogP contribution in [0.25, 0.3) is 22.1 Å². The molecule has 0 aliphatic heterocycles. The molecule has 118 valence electrons. The smallest absolute Gasteiger partial charge is 0.347 e. The van der Waals surface area contributed by atoms with E-state index in [1.165, 1.54) is 26.4 Å². The highest BCUT2D eigenvalue weighted by atomic mass is 16.5. The van der Waals surface area contributed by atoms with Gasteiger partial charge in [0.15, 0.2) is 0 Å². The summed E-state index contributed by atoms with van der Waals surface area (Å²) in [4.78, 5) is 12.2. The van der Waals surface area contributed by atoms with Crippen molar-refractivity contribution in [3.63, 3.8) is 0 Å². The number of benzene rings is 2. The van der Waals surface area contributed by atoms with E-state index in [-0.39, 0.29) is 28.0 Å². The Labute approximate surface area is 131 Å². The van der Waals surface area contributed by atoms with Crippen LogP contribution in [-0.2, 0) is 0 Å². The Kier molecular flexibility index (Phi) is 3.57. The molecular formula is C17H14O6. The molecule has 23 heavy (non-hydrogen) atoms. The molecule has 0 amide bonds. The quantitative estimate of drug-likeness (QED) is 0.723. The summed E-state index contributed by atoms with van der Waals surface area (Å²) < 4.78 is 15.3. The van der Waals surface area contributed by atoms with Gasteiger partial charge >= 0.3 is 5.63 Å². The summed E-state index contributed by atoms with van der Waals surface area (Å²) in [5.74, 6) is 0.345. The van der Waals surface area contributed by atoms with Gasteiger partial charge in [0.1, 0.15) is 39.5 Å². The lowest BCUT2D eigenvalue weighted by Crippen LogP contribution is -2.04. The summed E-state index contributed by atoms with van der Waals surface area (Å²) in [5.41, 5.74) is -0.246. The first-order valence-electron chi connectivity index (χ1n) is 6.76. The summed E-state index contributed by atoms with van der Waals surface area (Å²) in [6.45, 7) is 0. The van der Waals surface area contributed by atoms with Crippen molar-refractivity contribution in [1.29, 1.82) is 0 Å². The van der Waals surface area contributed by atoms with Gasteiger partial charge in [0.2, 0.25) is 0 Å². The van der Waals surface area contributed by atoms with Gasteiger partial charge in [-0.05, 0) is 17.7 Å². The van der Waals surface area contributed by atoms with Crippen molar-refractivity contribution in [1.82, 2.24) is 0 Å². The third kappa shape index (κ3) is 2.44. The molecule has 0 saturated heterocycles. The SMILES string of the molecule is COc1ccc(-c2c(O)c3c(O)cc(OC)cc3oc2=O)cc1. The van der Waals surface area contributed by atoms with Crippen molar-refractivity contribution in [2.75, 3.05) is 14.2 Å². The Morgan fingerprint density at radius 1 is 0.957 bits per heavy atom.